The van der Waals surface area contributed by atoms with Crippen molar-refractivity contribution in [3.8, 4) is 78.7 Å². The zero-order chi connectivity index (χ0) is 45.0. The van der Waals surface area contributed by atoms with Crippen molar-refractivity contribution in [3.05, 3.63) is 255 Å². The van der Waals surface area contributed by atoms with Crippen molar-refractivity contribution in [3.63, 3.8) is 0 Å². The van der Waals surface area contributed by atoms with Crippen molar-refractivity contribution in [2.24, 2.45) is 0 Å². The fraction of sp³-hybridized carbons (Fsp3) is 0. The van der Waals surface area contributed by atoms with Gasteiger partial charge in [-0.2, -0.15) is 0 Å². The van der Waals surface area contributed by atoms with Crippen molar-refractivity contribution in [1.29, 1.82) is 0 Å². The summed E-state index contributed by atoms with van der Waals surface area (Å²) >= 11 is 0. The Morgan fingerprint density at radius 2 is 0.721 bits per heavy atom. The molecule has 318 valence electrons. The lowest BCUT2D eigenvalue weighted by molar-refractivity contribution is 1.18. The van der Waals surface area contributed by atoms with E-state index in [4.69, 9.17) is 9.97 Å². The molecule has 0 saturated heterocycles. The standard InChI is InChI=1S/C64H42N4/c1-4-17-43(18-5-1)44-33-35-46(36-34-44)58-42-57(45-19-6-2-7-20-45)65-64(66-58)50-23-14-22-49(39-50)53-29-16-32-61-63(53)56-28-11-13-31-60(56)68(61)52-26-15-21-47(40-52)48-37-38-55-54-27-10-12-30-59(54)67(62(55)41-48)51-24-8-3-9-25-51/h1-42H. The van der Waals surface area contributed by atoms with E-state index in [1.54, 1.807) is 0 Å². The predicted octanol–water partition coefficient (Wildman–Crippen LogP) is 16.7. The van der Waals surface area contributed by atoms with Gasteiger partial charge in [-0.3, -0.25) is 0 Å². The number of para-hydroxylation sites is 3. The van der Waals surface area contributed by atoms with Gasteiger partial charge in [-0.05, 0) is 94.0 Å². The highest BCUT2D eigenvalue weighted by Gasteiger charge is 2.19. The average Bonchev–Trinajstić information content (AvgIpc) is 3.94. The van der Waals surface area contributed by atoms with Crippen molar-refractivity contribution in [2.45, 2.75) is 0 Å². The number of rotatable bonds is 8. The third-order valence-corrected chi connectivity index (χ3v) is 13.3. The highest BCUT2D eigenvalue weighted by molar-refractivity contribution is 6.16. The molecule has 10 aromatic carbocycles. The summed E-state index contributed by atoms with van der Waals surface area (Å²) in [5, 5.41) is 4.90. The fourth-order valence-corrected chi connectivity index (χ4v) is 10.1. The summed E-state index contributed by atoms with van der Waals surface area (Å²) in [6, 6.07) is 91.1. The lowest BCUT2D eigenvalue weighted by Gasteiger charge is -2.12. The Kier molecular flexibility index (Phi) is 9.47. The molecule has 0 unspecified atom stereocenters. The van der Waals surface area contributed by atoms with Crippen molar-refractivity contribution in [1.82, 2.24) is 19.1 Å². The maximum absolute atomic E-state index is 5.26. The van der Waals surface area contributed by atoms with Crippen molar-refractivity contribution in [2.75, 3.05) is 0 Å². The summed E-state index contributed by atoms with van der Waals surface area (Å²) in [6.07, 6.45) is 0. The summed E-state index contributed by atoms with van der Waals surface area (Å²) < 4.78 is 4.81. The van der Waals surface area contributed by atoms with E-state index in [-0.39, 0.29) is 0 Å². The smallest absolute Gasteiger partial charge is 0.160 e. The van der Waals surface area contributed by atoms with E-state index in [1.165, 1.54) is 49.3 Å². The SMILES string of the molecule is c1ccc(-c2ccc(-c3cc(-c4ccccc4)nc(-c4cccc(-c5cccc6c5c5ccccc5n6-c5cccc(-c6ccc7c8ccccc8n(-c8ccccc8)c7c6)c5)c4)n3)cc2)cc1. The molecule has 68 heavy (non-hydrogen) atoms. The van der Waals surface area contributed by atoms with Gasteiger partial charge in [-0.1, -0.05) is 194 Å². The van der Waals surface area contributed by atoms with Gasteiger partial charge in [0, 0.05) is 49.6 Å². The minimum atomic E-state index is 0.684. The van der Waals surface area contributed by atoms with Crippen LogP contribution in [0.4, 0.5) is 0 Å². The zero-order valence-electron chi connectivity index (χ0n) is 37.0. The number of nitrogens with zero attached hydrogens (tertiary/aromatic N) is 4. The topological polar surface area (TPSA) is 35.6 Å². The lowest BCUT2D eigenvalue weighted by atomic mass is 9.97. The van der Waals surface area contributed by atoms with Crippen LogP contribution in [0.1, 0.15) is 0 Å². The van der Waals surface area contributed by atoms with E-state index in [9.17, 15) is 0 Å². The molecule has 3 heterocycles. The summed E-state index contributed by atoms with van der Waals surface area (Å²) in [6.45, 7) is 0. The predicted molar refractivity (Wildman–Crippen MR) is 283 cm³/mol. The second-order valence-corrected chi connectivity index (χ2v) is 17.4. The van der Waals surface area contributed by atoms with Gasteiger partial charge in [0.1, 0.15) is 0 Å². The molecule has 0 aliphatic rings. The highest BCUT2D eigenvalue weighted by atomic mass is 15.0. The summed E-state index contributed by atoms with van der Waals surface area (Å²) in [5.41, 5.74) is 18.7. The minimum absolute atomic E-state index is 0.684. The van der Waals surface area contributed by atoms with Crippen LogP contribution in [0, 0.1) is 0 Å². The van der Waals surface area contributed by atoms with Gasteiger partial charge < -0.3 is 9.13 Å². The van der Waals surface area contributed by atoms with Gasteiger partial charge in [-0.15, -0.1) is 0 Å². The van der Waals surface area contributed by atoms with Crippen LogP contribution in [0.2, 0.25) is 0 Å². The monoisotopic (exact) mass is 866 g/mol. The third-order valence-electron chi connectivity index (χ3n) is 13.3. The quantitative estimate of drug-likeness (QED) is 0.153. The van der Waals surface area contributed by atoms with Crippen LogP contribution in [0.5, 0.6) is 0 Å². The molecular weight excluding hydrogens is 825 g/mol. The second kappa shape index (κ2) is 16.4. The molecule has 13 aromatic rings. The number of hydrogen-bond donors (Lipinski definition) is 0. The Balaban J connectivity index is 0.919. The van der Waals surface area contributed by atoms with Gasteiger partial charge in [0.25, 0.3) is 0 Å². The molecule has 0 fully saturated rings. The van der Waals surface area contributed by atoms with Crippen LogP contribution in [0.3, 0.4) is 0 Å². The number of benzene rings is 10. The largest absolute Gasteiger partial charge is 0.309 e. The molecule has 0 radical (unpaired) electrons. The maximum atomic E-state index is 5.26. The van der Waals surface area contributed by atoms with Crippen LogP contribution >= 0.6 is 0 Å². The van der Waals surface area contributed by atoms with Crippen LogP contribution in [-0.4, -0.2) is 19.1 Å². The van der Waals surface area contributed by atoms with Gasteiger partial charge in [-0.25, -0.2) is 9.97 Å². The second-order valence-electron chi connectivity index (χ2n) is 17.4. The lowest BCUT2D eigenvalue weighted by Crippen LogP contribution is -1.96. The first-order valence-corrected chi connectivity index (χ1v) is 23.1. The Hall–Kier alpha value is -9.12. The fourth-order valence-electron chi connectivity index (χ4n) is 10.1. The van der Waals surface area contributed by atoms with Crippen LogP contribution in [0.15, 0.2) is 255 Å². The molecule has 0 bridgehead atoms. The molecule has 0 saturated carbocycles. The first kappa shape index (κ1) is 39.3. The molecule has 3 aromatic heterocycles. The Bertz CT molecular complexity index is 4000. The minimum Gasteiger partial charge on any atom is -0.309 e. The van der Waals surface area contributed by atoms with Gasteiger partial charge in [0.2, 0.25) is 0 Å². The first-order valence-electron chi connectivity index (χ1n) is 23.1. The molecule has 0 amide bonds. The Labute approximate surface area is 394 Å². The van der Waals surface area contributed by atoms with E-state index in [0.717, 1.165) is 67.2 Å². The normalized spacial score (nSPS) is 11.5. The number of fused-ring (bicyclic) bond motifs is 6. The Morgan fingerprint density at radius 3 is 1.49 bits per heavy atom. The summed E-state index contributed by atoms with van der Waals surface area (Å²) in [5.74, 6) is 0.684. The highest BCUT2D eigenvalue weighted by Crippen LogP contribution is 2.41. The number of hydrogen-bond acceptors (Lipinski definition) is 2. The van der Waals surface area contributed by atoms with E-state index in [1.807, 2.05) is 12.1 Å². The molecule has 4 nitrogen and oxygen atoms in total. The number of aromatic nitrogens is 4. The van der Waals surface area contributed by atoms with Crippen LogP contribution < -0.4 is 0 Å². The third kappa shape index (κ3) is 6.78. The zero-order valence-corrected chi connectivity index (χ0v) is 37.0. The summed E-state index contributed by atoms with van der Waals surface area (Å²) in [7, 11) is 0. The maximum Gasteiger partial charge on any atom is 0.160 e. The van der Waals surface area contributed by atoms with Crippen LogP contribution in [-0.2, 0) is 0 Å². The van der Waals surface area contributed by atoms with Gasteiger partial charge in [0.15, 0.2) is 5.82 Å². The van der Waals surface area contributed by atoms with Crippen LogP contribution in [0.25, 0.3) is 122 Å². The molecule has 0 N–H and O–H groups in total. The van der Waals surface area contributed by atoms with Crippen molar-refractivity contribution >= 4 is 43.6 Å². The molecule has 0 aliphatic carbocycles. The van der Waals surface area contributed by atoms with E-state index < -0.39 is 0 Å². The Morgan fingerprint density at radius 1 is 0.250 bits per heavy atom. The van der Waals surface area contributed by atoms with Gasteiger partial charge in [0.05, 0.1) is 33.5 Å². The molecule has 13 rings (SSSR count). The van der Waals surface area contributed by atoms with Gasteiger partial charge >= 0.3 is 0 Å². The first-order chi connectivity index (χ1) is 33.7. The molecule has 4 heteroatoms. The van der Waals surface area contributed by atoms with E-state index >= 15 is 0 Å². The molecule has 0 spiro atoms. The van der Waals surface area contributed by atoms with Crippen molar-refractivity contribution < 1.29 is 0 Å². The van der Waals surface area contributed by atoms with E-state index in [2.05, 4.69) is 252 Å². The molecular formula is C64H42N4. The summed E-state index contributed by atoms with van der Waals surface area (Å²) in [4.78, 5) is 10.5. The van der Waals surface area contributed by atoms with E-state index in [0.29, 0.717) is 5.82 Å². The average molecular weight is 867 g/mol. The molecule has 0 aliphatic heterocycles. The molecule has 0 atom stereocenters.